The summed E-state index contributed by atoms with van der Waals surface area (Å²) in [6.07, 6.45) is 2.54. The van der Waals surface area contributed by atoms with Crippen molar-refractivity contribution in [2.24, 2.45) is 0 Å². The molecule has 4 amide bonds. The van der Waals surface area contributed by atoms with Gasteiger partial charge in [0.05, 0.1) is 5.69 Å². The van der Waals surface area contributed by atoms with E-state index in [0.29, 0.717) is 18.5 Å². The van der Waals surface area contributed by atoms with Crippen LogP contribution >= 0.6 is 0 Å². The van der Waals surface area contributed by atoms with Crippen molar-refractivity contribution in [2.45, 2.75) is 25.3 Å². The van der Waals surface area contributed by atoms with E-state index in [2.05, 4.69) is 26.2 Å². The van der Waals surface area contributed by atoms with Gasteiger partial charge in [-0.3, -0.25) is 14.5 Å². The van der Waals surface area contributed by atoms with Crippen molar-refractivity contribution in [1.29, 1.82) is 0 Å². The van der Waals surface area contributed by atoms with Gasteiger partial charge in [0.15, 0.2) is 0 Å². The lowest BCUT2D eigenvalue weighted by Gasteiger charge is -2.21. The highest BCUT2D eigenvalue weighted by Crippen LogP contribution is 2.23. The Morgan fingerprint density at radius 3 is 2.52 bits per heavy atom. The van der Waals surface area contributed by atoms with Crippen molar-refractivity contribution >= 4 is 23.5 Å². The summed E-state index contributed by atoms with van der Waals surface area (Å²) < 4.78 is 1.48. The Hall–Kier alpha value is -4.08. The monoisotopic (exact) mass is 419 g/mol. The Balaban J connectivity index is 1.35. The van der Waals surface area contributed by atoms with E-state index in [1.54, 1.807) is 31.2 Å². The third kappa shape index (κ3) is 4.42. The van der Waals surface area contributed by atoms with E-state index in [1.165, 1.54) is 11.0 Å². The standard InChI is InChI=1S/C21H21N7O3/c1-21(12-11-15-5-3-2-4-6-15)19(30)27(20(31)24-21)13-18(29)23-16-7-9-17(10-8-16)28-14-22-25-26-28/h2-10,14H,11-13H2,1H3,(H,23,29)(H,24,31). The average Bonchev–Trinajstić information content (AvgIpc) is 3.38. The second-order valence-electron chi connectivity index (χ2n) is 7.49. The minimum absolute atomic E-state index is 0.361. The lowest BCUT2D eigenvalue weighted by atomic mass is 9.93. The van der Waals surface area contributed by atoms with Crippen LogP contribution in [0.4, 0.5) is 10.5 Å². The normalized spacial score (nSPS) is 18.2. The molecular weight excluding hydrogens is 398 g/mol. The van der Waals surface area contributed by atoms with Crippen LogP contribution in [0, 0.1) is 0 Å². The van der Waals surface area contributed by atoms with Crippen LogP contribution in [0.1, 0.15) is 18.9 Å². The predicted molar refractivity (Wildman–Crippen MR) is 111 cm³/mol. The summed E-state index contributed by atoms with van der Waals surface area (Å²) >= 11 is 0. The molecule has 2 aromatic carbocycles. The van der Waals surface area contributed by atoms with E-state index in [4.69, 9.17) is 0 Å². The molecule has 1 saturated heterocycles. The van der Waals surface area contributed by atoms with Gasteiger partial charge < -0.3 is 10.6 Å². The number of imide groups is 1. The van der Waals surface area contributed by atoms with E-state index < -0.39 is 23.4 Å². The number of benzene rings is 2. The molecule has 1 fully saturated rings. The first kappa shape index (κ1) is 20.2. The van der Waals surface area contributed by atoms with Gasteiger partial charge >= 0.3 is 6.03 Å². The molecule has 31 heavy (non-hydrogen) atoms. The molecule has 1 atom stereocenters. The third-order valence-electron chi connectivity index (χ3n) is 5.17. The number of anilines is 1. The van der Waals surface area contributed by atoms with Gasteiger partial charge in [0.2, 0.25) is 5.91 Å². The Morgan fingerprint density at radius 2 is 1.84 bits per heavy atom. The highest BCUT2D eigenvalue weighted by atomic mass is 16.2. The second-order valence-corrected chi connectivity index (χ2v) is 7.49. The molecule has 2 heterocycles. The second kappa shape index (κ2) is 8.34. The maximum atomic E-state index is 12.9. The van der Waals surface area contributed by atoms with Crippen LogP contribution in [0.5, 0.6) is 0 Å². The van der Waals surface area contributed by atoms with Crippen molar-refractivity contribution in [1.82, 2.24) is 30.4 Å². The molecule has 10 heteroatoms. The van der Waals surface area contributed by atoms with Gasteiger partial charge in [0.1, 0.15) is 18.4 Å². The lowest BCUT2D eigenvalue weighted by molar-refractivity contribution is -0.133. The molecule has 2 N–H and O–H groups in total. The topological polar surface area (TPSA) is 122 Å². The molecule has 0 bridgehead atoms. The summed E-state index contributed by atoms with van der Waals surface area (Å²) in [7, 11) is 0. The SMILES string of the molecule is CC1(CCc2ccccc2)NC(=O)N(CC(=O)Nc2ccc(-n3cnnn3)cc2)C1=O. The molecular formula is C21H21N7O3. The Labute approximate surface area is 178 Å². The summed E-state index contributed by atoms with van der Waals surface area (Å²) in [6, 6.07) is 16.0. The van der Waals surface area contributed by atoms with Crippen molar-refractivity contribution in [3.63, 3.8) is 0 Å². The largest absolute Gasteiger partial charge is 0.325 e. The van der Waals surface area contributed by atoms with Gasteiger partial charge in [-0.2, -0.15) is 0 Å². The molecule has 10 nitrogen and oxygen atoms in total. The highest BCUT2D eigenvalue weighted by molar-refractivity contribution is 6.09. The maximum Gasteiger partial charge on any atom is 0.325 e. The van der Waals surface area contributed by atoms with Gasteiger partial charge in [-0.15, -0.1) is 5.10 Å². The number of rotatable bonds is 7. The summed E-state index contributed by atoms with van der Waals surface area (Å²) in [5.74, 6) is -0.872. The zero-order valence-electron chi connectivity index (χ0n) is 16.9. The fourth-order valence-electron chi connectivity index (χ4n) is 3.42. The molecule has 4 rings (SSSR count). The van der Waals surface area contributed by atoms with Gasteiger partial charge in [-0.05, 0) is 60.0 Å². The summed E-state index contributed by atoms with van der Waals surface area (Å²) in [6.45, 7) is 1.33. The molecule has 0 aliphatic carbocycles. The Bertz CT molecular complexity index is 1080. The molecule has 0 spiro atoms. The number of aromatic nitrogens is 4. The number of carbonyl (C=O) groups is 3. The van der Waals surface area contributed by atoms with Crippen LogP contribution in [0.25, 0.3) is 5.69 Å². The quantitative estimate of drug-likeness (QED) is 0.560. The van der Waals surface area contributed by atoms with Crippen LogP contribution in [0.3, 0.4) is 0 Å². The molecule has 0 saturated carbocycles. The maximum absolute atomic E-state index is 12.9. The smallest absolute Gasteiger partial charge is 0.325 e. The number of urea groups is 1. The zero-order chi connectivity index (χ0) is 21.8. The lowest BCUT2D eigenvalue weighted by Crippen LogP contribution is -2.45. The number of amides is 4. The van der Waals surface area contributed by atoms with Crippen LogP contribution in [0.15, 0.2) is 60.9 Å². The molecule has 158 valence electrons. The van der Waals surface area contributed by atoms with Gasteiger partial charge in [0, 0.05) is 5.69 Å². The van der Waals surface area contributed by atoms with E-state index in [0.717, 1.165) is 16.2 Å². The minimum Gasteiger partial charge on any atom is -0.325 e. The Kier molecular flexibility index (Phi) is 5.44. The number of nitrogens with one attached hydrogen (secondary N) is 2. The first-order valence-corrected chi connectivity index (χ1v) is 9.76. The van der Waals surface area contributed by atoms with Crippen LogP contribution in [0.2, 0.25) is 0 Å². The zero-order valence-corrected chi connectivity index (χ0v) is 16.9. The molecule has 1 aliphatic heterocycles. The number of carbonyl (C=O) groups excluding carboxylic acids is 3. The molecule has 1 unspecified atom stereocenters. The highest BCUT2D eigenvalue weighted by Gasteiger charge is 2.47. The van der Waals surface area contributed by atoms with Crippen molar-refractivity contribution in [3.8, 4) is 5.69 Å². The summed E-state index contributed by atoms with van der Waals surface area (Å²) in [5.41, 5.74) is 1.29. The van der Waals surface area contributed by atoms with Crippen molar-refractivity contribution in [3.05, 3.63) is 66.5 Å². The molecule has 1 aromatic heterocycles. The molecule has 0 radical (unpaired) electrons. The predicted octanol–water partition coefficient (Wildman–Crippen LogP) is 1.54. The first-order chi connectivity index (χ1) is 14.9. The Morgan fingerprint density at radius 1 is 1.10 bits per heavy atom. The van der Waals surface area contributed by atoms with E-state index in [1.807, 2.05) is 30.3 Å². The van der Waals surface area contributed by atoms with E-state index in [-0.39, 0.29) is 6.54 Å². The van der Waals surface area contributed by atoms with Crippen LogP contribution in [-0.2, 0) is 16.0 Å². The summed E-state index contributed by atoms with van der Waals surface area (Å²) in [5, 5.41) is 16.4. The fourth-order valence-corrected chi connectivity index (χ4v) is 3.42. The fraction of sp³-hybridized carbons (Fsp3) is 0.238. The van der Waals surface area contributed by atoms with Crippen LogP contribution < -0.4 is 10.6 Å². The summed E-state index contributed by atoms with van der Waals surface area (Å²) in [4.78, 5) is 38.6. The van der Waals surface area contributed by atoms with Gasteiger partial charge in [-0.25, -0.2) is 9.48 Å². The number of tetrazole rings is 1. The average molecular weight is 419 g/mol. The van der Waals surface area contributed by atoms with Crippen LogP contribution in [-0.4, -0.2) is 55.0 Å². The molecule has 1 aliphatic rings. The molecule has 3 aromatic rings. The number of hydrogen-bond donors (Lipinski definition) is 2. The number of aryl methyl sites for hydroxylation is 1. The minimum atomic E-state index is -1.04. The van der Waals surface area contributed by atoms with Crippen molar-refractivity contribution < 1.29 is 14.4 Å². The first-order valence-electron chi connectivity index (χ1n) is 9.76. The van der Waals surface area contributed by atoms with Gasteiger partial charge in [0.25, 0.3) is 5.91 Å². The third-order valence-corrected chi connectivity index (χ3v) is 5.17. The number of hydrogen-bond acceptors (Lipinski definition) is 6. The number of nitrogens with zero attached hydrogens (tertiary/aromatic N) is 5. The van der Waals surface area contributed by atoms with E-state index >= 15 is 0 Å². The van der Waals surface area contributed by atoms with Gasteiger partial charge in [-0.1, -0.05) is 30.3 Å². The van der Waals surface area contributed by atoms with Crippen molar-refractivity contribution in [2.75, 3.05) is 11.9 Å². The van der Waals surface area contributed by atoms with E-state index in [9.17, 15) is 14.4 Å².